The molecule has 2 aromatic carbocycles. The summed E-state index contributed by atoms with van der Waals surface area (Å²) in [6, 6.07) is 23.4. The number of aromatic nitrogens is 3. The van der Waals surface area contributed by atoms with Crippen LogP contribution in [0.3, 0.4) is 0 Å². The maximum atomic E-state index is 12.9. The van der Waals surface area contributed by atoms with Gasteiger partial charge in [-0.15, -0.1) is 0 Å². The third-order valence-electron chi connectivity index (χ3n) is 5.91. The molecule has 8 nitrogen and oxygen atoms in total. The number of benzene rings is 2. The largest absolute Gasteiger partial charge is 0.489 e. The summed E-state index contributed by atoms with van der Waals surface area (Å²) in [5.74, 6) is -0.995. The predicted octanol–water partition coefficient (Wildman–Crippen LogP) is 4.40. The number of fused-ring (bicyclic) bond motifs is 1. The van der Waals surface area contributed by atoms with E-state index in [1.54, 1.807) is 47.3 Å². The van der Waals surface area contributed by atoms with Crippen molar-refractivity contribution in [3.05, 3.63) is 120 Å². The first-order valence-corrected chi connectivity index (χ1v) is 11.7. The number of carbonyl (C=O) groups excluding carboxylic acids is 1. The van der Waals surface area contributed by atoms with Gasteiger partial charge in [0.15, 0.2) is 0 Å². The van der Waals surface area contributed by atoms with Crippen LogP contribution in [0, 0.1) is 0 Å². The minimum Gasteiger partial charge on any atom is -0.489 e. The van der Waals surface area contributed by atoms with Crippen molar-refractivity contribution in [1.29, 1.82) is 0 Å². The Morgan fingerprint density at radius 3 is 2.35 bits per heavy atom. The van der Waals surface area contributed by atoms with Gasteiger partial charge in [0.25, 0.3) is 5.91 Å². The molecule has 184 valence electrons. The Kier molecular flexibility index (Phi) is 6.89. The Bertz CT molecular complexity index is 1520. The zero-order valence-corrected chi connectivity index (χ0v) is 19.8. The van der Waals surface area contributed by atoms with Gasteiger partial charge in [-0.2, -0.15) is 0 Å². The second-order valence-corrected chi connectivity index (χ2v) is 8.53. The van der Waals surface area contributed by atoms with Crippen LogP contribution in [0.1, 0.15) is 21.6 Å². The zero-order chi connectivity index (χ0) is 25.6. The lowest BCUT2D eigenvalue weighted by molar-refractivity contribution is -0.139. The molecule has 37 heavy (non-hydrogen) atoms. The highest BCUT2D eigenvalue weighted by Gasteiger charge is 2.22. The molecule has 0 aliphatic rings. The Hall–Kier alpha value is -4.98. The number of carboxylic acid groups (broad SMARTS) is 1. The average Bonchev–Trinajstić information content (AvgIpc) is 3.37. The van der Waals surface area contributed by atoms with E-state index in [4.69, 9.17) is 4.74 Å². The van der Waals surface area contributed by atoms with Gasteiger partial charge in [0.1, 0.15) is 29.7 Å². The number of ether oxygens (including phenoxy) is 1. The molecule has 3 aromatic heterocycles. The molecule has 1 atom stereocenters. The highest BCUT2D eigenvalue weighted by Crippen LogP contribution is 2.20. The number of amides is 1. The van der Waals surface area contributed by atoms with Crippen molar-refractivity contribution in [2.75, 3.05) is 0 Å². The maximum absolute atomic E-state index is 12.9. The Balaban J connectivity index is 1.24. The molecule has 0 aliphatic carbocycles. The molecule has 0 spiro atoms. The van der Waals surface area contributed by atoms with E-state index in [1.807, 2.05) is 60.8 Å². The Morgan fingerprint density at radius 1 is 0.865 bits per heavy atom. The van der Waals surface area contributed by atoms with Gasteiger partial charge in [0, 0.05) is 31.2 Å². The van der Waals surface area contributed by atoms with E-state index in [2.05, 4.69) is 15.3 Å². The number of nitrogens with zero attached hydrogens (tertiary/aromatic N) is 3. The molecular weight excluding hydrogens is 468 g/mol. The number of imidazole rings is 1. The molecule has 0 saturated heterocycles. The summed E-state index contributed by atoms with van der Waals surface area (Å²) in [7, 11) is 0. The normalized spacial score (nSPS) is 11.7. The smallest absolute Gasteiger partial charge is 0.326 e. The first-order chi connectivity index (χ1) is 18.0. The second-order valence-electron chi connectivity index (χ2n) is 8.53. The number of aliphatic carboxylic acids is 1. The van der Waals surface area contributed by atoms with Crippen molar-refractivity contribution in [3.63, 3.8) is 0 Å². The maximum Gasteiger partial charge on any atom is 0.326 e. The summed E-state index contributed by atoms with van der Waals surface area (Å²) in [6.07, 6.45) is 7.00. The van der Waals surface area contributed by atoms with Crippen LogP contribution in [0.2, 0.25) is 0 Å². The zero-order valence-electron chi connectivity index (χ0n) is 19.8. The van der Waals surface area contributed by atoms with Crippen LogP contribution in [0.15, 0.2) is 104 Å². The molecule has 1 amide bonds. The molecule has 8 heteroatoms. The lowest BCUT2D eigenvalue weighted by Gasteiger charge is -2.14. The molecule has 2 N–H and O–H groups in total. The molecule has 0 bridgehead atoms. The van der Waals surface area contributed by atoms with E-state index in [1.165, 1.54) is 0 Å². The number of carbonyl (C=O) groups is 2. The van der Waals surface area contributed by atoms with Crippen molar-refractivity contribution in [1.82, 2.24) is 19.7 Å². The van der Waals surface area contributed by atoms with Crippen LogP contribution in [-0.4, -0.2) is 37.4 Å². The summed E-state index contributed by atoms with van der Waals surface area (Å²) in [5, 5.41) is 12.3. The molecule has 0 fully saturated rings. The van der Waals surface area contributed by atoms with Gasteiger partial charge in [0.2, 0.25) is 0 Å². The van der Waals surface area contributed by atoms with Crippen molar-refractivity contribution < 1.29 is 19.4 Å². The quantitative estimate of drug-likeness (QED) is 0.316. The molecular formula is C29H24N4O4. The number of pyridine rings is 2. The third-order valence-corrected chi connectivity index (χ3v) is 5.91. The molecule has 1 unspecified atom stereocenters. The fourth-order valence-electron chi connectivity index (χ4n) is 3.95. The molecule has 5 aromatic rings. The number of nitrogens with one attached hydrogen (secondary N) is 1. The summed E-state index contributed by atoms with van der Waals surface area (Å²) in [5.41, 5.74) is 4.47. The molecule has 0 radical (unpaired) electrons. The Labute approximate surface area is 213 Å². The van der Waals surface area contributed by atoms with Crippen LogP contribution in [0.4, 0.5) is 0 Å². The number of hydrogen-bond acceptors (Lipinski definition) is 5. The second kappa shape index (κ2) is 10.7. The van der Waals surface area contributed by atoms with E-state index >= 15 is 0 Å². The number of carboxylic acids is 1. The fraction of sp³-hybridized carbons (Fsp3) is 0.103. The van der Waals surface area contributed by atoms with Gasteiger partial charge >= 0.3 is 5.97 Å². The molecule has 0 aliphatic heterocycles. The van der Waals surface area contributed by atoms with Crippen molar-refractivity contribution in [2.45, 2.75) is 19.1 Å². The van der Waals surface area contributed by atoms with Gasteiger partial charge in [0.05, 0.1) is 0 Å². The summed E-state index contributed by atoms with van der Waals surface area (Å²) < 4.78 is 7.53. The fourth-order valence-corrected chi connectivity index (χ4v) is 3.95. The number of rotatable bonds is 9. The highest BCUT2D eigenvalue weighted by atomic mass is 16.5. The summed E-state index contributed by atoms with van der Waals surface area (Å²) in [6.45, 7) is 0.442. The monoisotopic (exact) mass is 492 g/mol. The Morgan fingerprint density at radius 2 is 1.62 bits per heavy atom. The van der Waals surface area contributed by atoms with E-state index in [9.17, 15) is 14.7 Å². The van der Waals surface area contributed by atoms with Gasteiger partial charge in [-0.25, -0.2) is 9.78 Å². The lowest BCUT2D eigenvalue weighted by atomic mass is 10.1. The van der Waals surface area contributed by atoms with Crippen molar-refractivity contribution >= 4 is 17.5 Å². The van der Waals surface area contributed by atoms with Gasteiger partial charge in [-0.3, -0.25) is 9.78 Å². The third kappa shape index (κ3) is 5.82. The van der Waals surface area contributed by atoms with Crippen LogP contribution in [-0.2, 0) is 17.8 Å². The summed E-state index contributed by atoms with van der Waals surface area (Å²) >= 11 is 0. The van der Waals surface area contributed by atoms with E-state index in [-0.39, 0.29) is 12.1 Å². The van der Waals surface area contributed by atoms with Gasteiger partial charge < -0.3 is 19.6 Å². The average molecular weight is 493 g/mol. The minimum atomic E-state index is -1.12. The van der Waals surface area contributed by atoms with Crippen LogP contribution in [0.5, 0.6) is 5.75 Å². The van der Waals surface area contributed by atoms with Gasteiger partial charge in [-0.1, -0.05) is 42.5 Å². The first kappa shape index (κ1) is 23.7. The minimum absolute atomic E-state index is 0.125. The first-order valence-electron chi connectivity index (χ1n) is 11.7. The van der Waals surface area contributed by atoms with Crippen LogP contribution in [0.25, 0.3) is 16.8 Å². The van der Waals surface area contributed by atoms with E-state index < -0.39 is 17.9 Å². The summed E-state index contributed by atoms with van der Waals surface area (Å²) in [4.78, 5) is 33.2. The van der Waals surface area contributed by atoms with Crippen molar-refractivity contribution in [3.8, 4) is 16.9 Å². The van der Waals surface area contributed by atoms with Crippen LogP contribution < -0.4 is 10.1 Å². The predicted molar refractivity (Wildman–Crippen MR) is 138 cm³/mol. The van der Waals surface area contributed by atoms with E-state index in [0.29, 0.717) is 18.0 Å². The van der Waals surface area contributed by atoms with E-state index in [0.717, 1.165) is 22.3 Å². The topological polar surface area (TPSA) is 106 Å². The number of hydrogen-bond donors (Lipinski definition) is 2. The highest BCUT2D eigenvalue weighted by molar-refractivity contribution is 5.95. The standard InChI is InChI=1S/C29H24N4O4/c34-28(26-18-33-17-23(8-11-27(33)31-26)22-12-14-30-15-13-22)32-25(29(35)36)16-20-6-9-24(10-7-20)37-19-21-4-2-1-3-5-21/h1-15,17-18,25H,16,19H2,(H,32,34)(H,35,36). The lowest BCUT2D eigenvalue weighted by Crippen LogP contribution is -2.42. The van der Waals surface area contributed by atoms with Crippen LogP contribution >= 0.6 is 0 Å². The molecule has 0 saturated carbocycles. The van der Waals surface area contributed by atoms with Gasteiger partial charge in [-0.05, 0) is 58.7 Å². The van der Waals surface area contributed by atoms with Crippen molar-refractivity contribution in [2.24, 2.45) is 0 Å². The molecule has 5 rings (SSSR count). The SMILES string of the molecule is O=C(NC(Cc1ccc(OCc2ccccc2)cc1)C(=O)O)c1cn2cc(-c3ccncc3)ccc2n1. The molecule has 3 heterocycles.